The van der Waals surface area contributed by atoms with Crippen molar-refractivity contribution in [1.29, 1.82) is 0 Å². The second kappa shape index (κ2) is 6.75. The third kappa shape index (κ3) is 3.32. The van der Waals surface area contributed by atoms with Crippen LogP contribution in [0.2, 0.25) is 0 Å². The Kier molecular flexibility index (Phi) is 4.52. The van der Waals surface area contributed by atoms with Gasteiger partial charge in [0.15, 0.2) is 5.69 Å². The molecule has 1 aromatic heterocycles. The van der Waals surface area contributed by atoms with Gasteiger partial charge in [-0.05, 0) is 31.9 Å². The van der Waals surface area contributed by atoms with E-state index >= 15 is 0 Å². The second-order valence-corrected chi connectivity index (χ2v) is 5.28. The predicted octanol–water partition coefficient (Wildman–Crippen LogP) is 2.53. The Morgan fingerprint density at radius 2 is 2.22 bits per heavy atom. The van der Waals surface area contributed by atoms with Crippen LogP contribution in [0.4, 0.5) is 5.69 Å². The highest BCUT2D eigenvalue weighted by Crippen LogP contribution is 2.25. The van der Waals surface area contributed by atoms with Crippen LogP contribution < -0.4 is 5.32 Å². The Labute approximate surface area is 133 Å². The fraction of sp³-hybridized carbons (Fsp3) is 0.353. The molecule has 23 heavy (non-hydrogen) atoms. The summed E-state index contributed by atoms with van der Waals surface area (Å²) in [4.78, 5) is 28.6. The molecule has 1 aromatic carbocycles. The standard InChI is InChI=1S/C17H18N2O4/c1-2-22-17(21)14-10-13(11-6-3-4-7-12(11)18-14)19-16(20)15-8-5-9-23-15/h3-4,6-7,10,15H,2,5,8-9H2,1H3,(H,18,19,20). The fourth-order valence-electron chi connectivity index (χ4n) is 2.59. The molecule has 1 atom stereocenters. The molecule has 0 spiro atoms. The van der Waals surface area contributed by atoms with Crippen molar-refractivity contribution in [3.05, 3.63) is 36.0 Å². The van der Waals surface area contributed by atoms with E-state index in [9.17, 15) is 9.59 Å². The number of pyridine rings is 1. The van der Waals surface area contributed by atoms with Gasteiger partial charge in [0.2, 0.25) is 0 Å². The first-order chi connectivity index (χ1) is 11.2. The van der Waals surface area contributed by atoms with Crippen molar-refractivity contribution < 1.29 is 19.1 Å². The van der Waals surface area contributed by atoms with E-state index in [1.807, 2.05) is 18.2 Å². The Bertz CT molecular complexity index is 738. The average molecular weight is 314 g/mol. The van der Waals surface area contributed by atoms with E-state index in [1.165, 1.54) is 0 Å². The summed E-state index contributed by atoms with van der Waals surface area (Å²) in [5.41, 5.74) is 1.34. The molecule has 0 saturated carbocycles. The number of fused-ring (bicyclic) bond motifs is 1. The molecule has 1 N–H and O–H groups in total. The van der Waals surface area contributed by atoms with Crippen LogP contribution in [-0.2, 0) is 14.3 Å². The van der Waals surface area contributed by atoms with Crippen molar-refractivity contribution in [3.8, 4) is 0 Å². The molecule has 1 amide bonds. The second-order valence-electron chi connectivity index (χ2n) is 5.28. The van der Waals surface area contributed by atoms with Gasteiger partial charge in [-0.15, -0.1) is 0 Å². The first-order valence-electron chi connectivity index (χ1n) is 7.68. The summed E-state index contributed by atoms with van der Waals surface area (Å²) in [5, 5.41) is 3.62. The summed E-state index contributed by atoms with van der Waals surface area (Å²) >= 11 is 0. The maximum absolute atomic E-state index is 12.3. The first-order valence-corrected chi connectivity index (χ1v) is 7.68. The molecule has 120 valence electrons. The normalized spacial score (nSPS) is 17.2. The van der Waals surface area contributed by atoms with Crippen molar-refractivity contribution in [3.63, 3.8) is 0 Å². The van der Waals surface area contributed by atoms with E-state index < -0.39 is 12.1 Å². The van der Waals surface area contributed by atoms with Gasteiger partial charge in [0.05, 0.1) is 17.8 Å². The Morgan fingerprint density at radius 1 is 1.39 bits per heavy atom. The van der Waals surface area contributed by atoms with Crippen molar-refractivity contribution in [2.45, 2.75) is 25.9 Å². The molecule has 0 bridgehead atoms. The lowest BCUT2D eigenvalue weighted by Crippen LogP contribution is -2.27. The lowest BCUT2D eigenvalue weighted by Gasteiger charge is -2.13. The molecule has 0 radical (unpaired) electrons. The summed E-state index contributed by atoms with van der Waals surface area (Å²) in [6.45, 7) is 2.60. The minimum absolute atomic E-state index is 0.174. The molecule has 1 unspecified atom stereocenters. The highest BCUT2D eigenvalue weighted by atomic mass is 16.5. The number of para-hydroxylation sites is 1. The molecule has 1 aliphatic rings. The highest BCUT2D eigenvalue weighted by molar-refractivity contribution is 6.04. The van der Waals surface area contributed by atoms with E-state index in [0.717, 1.165) is 11.8 Å². The van der Waals surface area contributed by atoms with Gasteiger partial charge >= 0.3 is 5.97 Å². The Hall–Kier alpha value is -2.47. The first kappa shape index (κ1) is 15.4. The topological polar surface area (TPSA) is 77.5 Å². The molecule has 6 heteroatoms. The van der Waals surface area contributed by atoms with Gasteiger partial charge in [-0.2, -0.15) is 0 Å². The third-order valence-electron chi connectivity index (χ3n) is 3.68. The quantitative estimate of drug-likeness (QED) is 0.877. The number of carbonyl (C=O) groups is 2. The summed E-state index contributed by atoms with van der Waals surface area (Å²) in [7, 11) is 0. The number of carbonyl (C=O) groups excluding carboxylic acids is 2. The maximum atomic E-state index is 12.3. The van der Waals surface area contributed by atoms with Gasteiger partial charge < -0.3 is 14.8 Å². The van der Waals surface area contributed by atoms with Crippen molar-refractivity contribution in [2.75, 3.05) is 18.5 Å². The number of nitrogens with one attached hydrogen (secondary N) is 1. The van der Waals surface area contributed by atoms with E-state index in [0.29, 0.717) is 24.2 Å². The summed E-state index contributed by atoms with van der Waals surface area (Å²) < 4.78 is 10.4. The van der Waals surface area contributed by atoms with Crippen LogP contribution in [0.1, 0.15) is 30.3 Å². The number of aromatic nitrogens is 1. The van der Waals surface area contributed by atoms with Crippen LogP contribution in [0.3, 0.4) is 0 Å². The summed E-state index contributed by atoms with van der Waals surface area (Å²) in [6.07, 6.45) is 1.15. The molecule has 1 fully saturated rings. The number of anilines is 1. The van der Waals surface area contributed by atoms with E-state index in [1.54, 1.807) is 19.1 Å². The van der Waals surface area contributed by atoms with Crippen LogP contribution in [-0.4, -0.2) is 36.2 Å². The molecule has 6 nitrogen and oxygen atoms in total. The highest BCUT2D eigenvalue weighted by Gasteiger charge is 2.24. The largest absolute Gasteiger partial charge is 0.461 e. The van der Waals surface area contributed by atoms with Crippen LogP contribution in [0.25, 0.3) is 10.9 Å². The van der Waals surface area contributed by atoms with E-state index in [2.05, 4.69) is 10.3 Å². The molecular weight excluding hydrogens is 296 g/mol. The number of amides is 1. The zero-order chi connectivity index (χ0) is 16.2. The number of nitrogens with zero attached hydrogens (tertiary/aromatic N) is 1. The van der Waals surface area contributed by atoms with Gasteiger partial charge in [-0.25, -0.2) is 9.78 Å². The Balaban J connectivity index is 1.96. The molecule has 2 heterocycles. The number of ether oxygens (including phenoxy) is 2. The zero-order valence-electron chi connectivity index (χ0n) is 12.9. The monoisotopic (exact) mass is 314 g/mol. The van der Waals surface area contributed by atoms with Crippen molar-refractivity contribution in [1.82, 2.24) is 4.98 Å². The van der Waals surface area contributed by atoms with E-state index in [4.69, 9.17) is 9.47 Å². The molecule has 1 aliphatic heterocycles. The van der Waals surface area contributed by atoms with Gasteiger partial charge in [0, 0.05) is 12.0 Å². The molecule has 0 aliphatic carbocycles. The Morgan fingerprint density at radius 3 is 2.96 bits per heavy atom. The third-order valence-corrected chi connectivity index (χ3v) is 3.68. The van der Waals surface area contributed by atoms with Gasteiger partial charge in [0.1, 0.15) is 6.10 Å². The molecule has 1 saturated heterocycles. The lowest BCUT2D eigenvalue weighted by molar-refractivity contribution is -0.124. The van der Waals surface area contributed by atoms with Gasteiger partial charge in [-0.3, -0.25) is 4.79 Å². The number of esters is 1. The van der Waals surface area contributed by atoms with Gasteiger partial charge in [-0.1, -0.05) is 18.2 Å². The number of hydrogen-bond donors (Lipinski definition) is 1. The van der Waals surface area contributed by atoms with Crippen LogP contribution in [0, 0.1) is 0 Å². The van der Waals surface area contributed by atoms with E-state index in [-0.39, 0.29) is 18.2 Å². The van der Waals surface area contributed by atoms with Crippen LogP contribution in [0.15, 0.2) is 30.3 Å². The zero-order valence-corrected chi connectivity index (χ0v) is 12.9. The van der Waals surface area contributed by atoms with Crippen molar-refractivity contribution in [2.24, 2.45) is 0 Å². The maximum Gasteiger partial charge on any atom is 0.357 e. The lowest BCUT2D eigenvalue weighted by atomic mass is 10.1. The number of rotatable bonds is 4. The van der Waals surface area contributed by atoms with Gasteiger partial charge in [0.25, 0.3) is 5.91 Å². The fourth-order valence-corrected chi connectivity index (χ4v) is 2.59. The summed E-state index contributed by atoms with van der Waals surface area (Å²) in [6, 6.07) is 8.88. The predicted molar refractivity (Wildman–Crippen MR) is 85.3 cm³/mol. The van der Waals surface area contributed by atoms with Crippen LogP contribution >= 0.6 is 0 Å². The minimum Gasteiger partial charge on any atom is -0.461 e. The molecular formula is C17H18N2O4. The summed E-state index contributed by atoms with van der Waals surface area (Å²) in [5.74, 6) is -0.709. The number of benzene rings is 1. The minimum atomic E-state index is -0.508. The number of hydrogen-bond acceptors (Lipinski definition) is 5. The SMILES string of the molecule is CCOC(=O)c1cc(NC(=O)C2CCCO2)c2ccccc2n1. The molecule has 2 aromatic rings. The van der Waals surface area contributed by atoms with Crippen LogP contribution in [0.5, 0.6) is 0 Å². The van der Waals surface area contributed by atoms with Crippen molar-refractivity contribution >= 4 is 28.5 Å². The molecule has 3 rings (SSSR count). The average Bonchev–Trinajstić information content (AvgIpc) is 3.09. The smallest absolute Gasteiger partial charge is 0.357 e.